The van der Waals surface area contributed by atoms with Crippen LogP contribution in [-0.2, 0) is 33.4 Å². The van der Waals surface area contributed by atoms with Crippen LogP contribution >= 0.6 is 7.82 Å². The van der Waals surface area contributed by atoms with Crippen molar-refractivity contribution in [2.75, 3.05) is 39.3 Å². The lowest BCUT2D eigenvalue weighted by Crippen LogP contribution is -2.44. The van der Waals surface area contributed by atoms with Gasteiger partial charge in [0.25, 0.3) is 11.5 Å². The molecule has 0 radical (unpaired) electrons. The summed E-state index contributed by atoms with van der Waals surface area (Å²) in [4.78, 5) is 49.1. The number of H-pyrrole nitrogens is 1. The van der Waals surface area contributed by atoms with Crippen LogP contribution < -0.4 is 20.3 Å². The van der Waals surface area contributed by atoms with Crippen LogP contribution in [0, 0.1) is 12.4 Å². The molecule has 2 fully saturated rings. The number of anilines is 1. The minimum atomic E-state index is -3.54. The highest BCUT2D eigenvalue weighted by atomic mass is 31.2. The van der Waals surface area contributed by atoms with E-state index >= 15 is 13.2 Å². The van der Waals surface area contributed by atoms with Crippen molar-refractivity contribution in [3.63, 3.8) is 0 Å². The lowest BCUT2D eigenvalue weighted by molar-refractivity contribution is -0.104. The van der Waals surface area contributed by atoms with Crippen LogP contribution in [0.15, 0.2) is 139 Å². The van der Waals surface area contributed by atoms with Crippen LogP contribution in [0.1, 0.15) is 52.8 Å². The second kappa shape index (κ2) is 22.6. The lowest BCUT2D eigenvalue weighted by Gasteiger charge is -2.39. The number of imidazole rings is 1. The summed E-state index contributed by atoms with van der Waals surface area (Å²) >= 11 is 0. The number of hydrogen-bond donors (Lipinski definition) is 2. The summed E-state index contributed by atoms with van der Waals surface area (Å²) in [7, 11) is -1.68. The van der Waals surface area contributed by atoms with E-state index in [1.165, 1.54) is 17.2 Å². The van der Waals surface area contributed by atoms with Gasteiger partial charge in [0, 0.05) is 11.8 Å². The molecule has 6 heterocycles. The second-order valence-electron chi connectivity index (χ2n) is 17.5. The first-order valence-electron chi connectivity index (χ1n) is 24.0. The molecule has 0 saturated carbocycles. The topological polar surface area (TPSA) is 202 Å². The first-order valence-corrected chi connectivity index (χ1v) is 25.1. The molecule has 8 aromatic rings. The first-order chi connectivity index (χ1) is 37.4. The van der Waals surface area contributed by atoms with E-state index in [1.54, 1.807) is 75.7 Å². The normalized spacial score (nSPS) is 22.2. The van der Waals surface area contributed by atoms with E-state index in [9.17, 15) is 9.59 Å². The molecule has 9 atom stereocenters. The molecule has 3 unspecified atom stereocenters. The van der Waals surface area contributed by atoms with Gasteiger partial charge in [-0.05, 0) is 59.5 Å². The predicted molar refractivity (Wildman–Crippen MR) is 280 cm³/mol. The zero-order chi connectivity index (χ0) is 53.8. The van der Waals surface area contributed by atoms with Gasteiger partial charge in [0.15, 0.2) is 66.0 Å². The maximum atomic E-state index is 18.4. The molecule has 0 aliphatic carbocycles. The van der Waals surface area contributed by atoms with Crippen LogP contribution in [0.3, 0.4) is 0 Å². The van der Waals surface area contributed by atoms with Crippen molar-refractivity contribution in [3.8, 4) is 11.5 Å². The standard InChI is InChI=1S/C53H52BF3N9O10P/c1-5-38-45(42(57)51(73-38)65-26-37(55)40-47(65)60-29-62-50(40)68)76-77(54,71-25-24-58-2)72-27-39-44(41(56)52(74-39)66-30-63-43-46(59-28-61-48(43)66)64-49(67)31-12-8-6-9-13-31)75-53(32-14-10-7-11-15-32,33-16-20-35(69-3)21-17-33)34-18-22-36(70-4)23-19-34/h6-23,26,28-30,38-39,41-42,44-45,51-52H,5,24-25,27H2,1,3-4,54H3,(H,60,62,68)(H,59,61,64,67)/t38-,39-,41+,42+,44?,45?,51-,52-,77?/m1/s1. The van der Waals surface area contributed by atoms with E-state index in [2.05, 4.69) is 35.1 Å². The van der Waals surface area contributed by atoms with Crippen molar-refractivity contribution in [2.45, 2.75) is 68.2 Å². The highest BCUT2D eigenvalue weighted by molar-refractivity contribution is 7.85. The molecule has 2 saturated heterocycles. The molecular formula is C53H52BF3N9O10P. The minimum absolute atomic E-state index is 0.0729. The highest BCUT2D eigenvalue weighted by Crippen LogP contribution is 2.61. The number of amides is 1. The summed E-state index contributed by atoms with van der Waals surface area (Å²) in [6.45, 7) is 8.63. The molecule has 1 amide bonds. The zero-order valence-electron chi connectivity index (χ0n) is 40.9. The van der Waals surface area contributed by atoms with Gasteiger partial charge in [-0.15, -0.1) is 0 Å². The molecule has 0 bridgehead atoms. The van der Waals surface area contributed by atoms with E-state index in [0.717, 1.165) is 17.1 Å². The Labute approximate surface area is 440 Å². The molecule has 2 N–H and O–H groups in total. The molecule has 4 aromatic carbocycles. The number of carbonyl (C=O) groups is 1. The van der Waals surface area contributed by atoms with Crippen molar-refractivity contribution in [3.05, 3.63) is 184 Å². The van der Waals surface area contributed by atoms with Gasteiger partial charge in [-0.2, -0.15) is 0 Å². The quantitative estimate of drug-likeness (QED) is 0.0248. The number of fused-ring (bicyclic) bond motifs is 2. The number of nitrogens with one attached hydrogen (secondary N) is 2. The molecule has 77 heavy (non-hydrogen) atoms. The summed E-state index contributed by atoms with van der Waals surface area (Å²) in [5.41, 5.74) is 0.0149. The Bertz CT molecular complexity index is 3400. The van der Waals surface area contributed by atoms with Gasteiger partial charge in [-0.1, -0.05) is 79.7 Å². The smallest absolute Gasteiger partial charge is 0.263 e. The largest absolute Gasteiger partial charge is 0.497 e. The number of aromatic amines is 1. The Morgan fingerprint density at radius 1 is 0.818 bits per heavy atom. The summed E-state index contributed by atoms with van der Waals surface area (Å²) < 4.78 is 105. The third-order valence-electron chi connectivity index (χ3n) is 13.1. The number of nitrogens with zero attached hydrogens (tertiary/aromatic N) is 7. The summed E-state index contributed by atoms with van der Waals surface area (Å²) in [5, 5.41) is 2.43. The summed E-state index contributed by atoms with van der Waals surface area (Å²) in [5.74, 6) is -0.171. The minimum Gasteiger partial charge on any atom is -0.497 e. The predicted octanol–water partition coefficient (Wildman–Crippen LogP) is 7.61. The zero-order valence-corrected chi connectivity index (χ0v) is 41.8. The van der Waals surface area contributed by atoms with E-state index in [4.69, 9.17) is 43.8 Å². The molecule has 4 aromatic heterocycles. The van der Waals surface area contributed by atoms with Gasteiger partial charge < -0.3 is 38.8 Å². The fourth-order valence-electron chi connectivity index (χ4n) is 9.43. The van der Waals surface area contributed by atoms with E-state index in [1.807, 2.05) is 54.6 Å². The van der Waals surface area contributed by atoms with Gasteiger partial charge in [0.05, 0.1) is 33.0 Å². The Hall–Kier alpha value is -7.55. The molecule has 0 spiro atoms. The number of rotatable bonds is 20. The Balaban J connectivity index is 1.04. The van der Waals surface area contributed by atoms with Crippen LogP contribution in [0.2, 0.25) is 0 Å². The molecular weight excluding hydrogens is 1020 g/mol. The second-order valence-corrected chi connectivity index (χ2v) is 18.7. The molecule has 2 aliphatic heterocycles. The molecule has 2 aliphatic rings. The Morgan fingerprint density at radius 2 is 1.44 bits per heavy atom. The monoisotopic (exact) mass is 1070 g/mol. The fourth-order valence-corrected chi connectivity index (χ4v) is 10.6. The molecule has 24 heteroatoms. The number of methoxy groups -OCH3 is 2. The lowest BCUT2D eigenvalue weighted by atomic mass is 9.79. The van der Waals surface area contributed by atoms with Gasteiger partial charge in [-0.25, -0.2) is 53.3 Å². The Kier molecular flexibility index (Phi) is 15.5. The van der Waals surface area contributed by atoms with Gasteiger partial charge >= 0.3 is 0 Å². The van der Waals surface area contributed by atoms with Gasteiger partial charge in [0.1, 0.15) is 47.6 Å². The maximum absolute atomic E-state index is 18.4. The van der Waals surface area contributed by atoms with Crippen molar-refractivity contribution in [2.24, 2.45) is 0 Å². The van der Waals surface area contributed by atoms with Crippen molar-refractivity contribution < 1.29 is 55.2 Å². The highest BCUT2D eigenvalue weighted by Gasteiger charge is 2.56. The van der Waals surface area contributed by atoms with E-state index in [-0.39, 0.29) is 47.6 Å². The number of aromatic nitrogens is 7. The van der Waals surface area contributed by atoms with Crippen molar-refractivity contribution in [1.82, 2.24) is 34.1 Å². The average Bonchev–Trinajstić information content (AvgIpc) is 4.25. The van der Waals surface area contributed by atoms with Gasteiger partial charge in [0.2, 0.25) is 21.9 Å². The fraction of sp³-hybridized carbons (Fsp3) is 0.302. The van der Waals surface area contributed by atoms with Crippen molar-refractivity contribution >= 4 is 49.3 Å². The number of carbonyl (C=O) groups excluding carboxylic acids is 1. The SMILES string of the molecule is [BH3-][P+](OCC[N+]#[C-])(OC[C@H]1O[C@@H](n2cnc3c(NC(=O)c4ccccc4)ncnc32)[C@@H](F)C1OC(c1ccccc1)(c1ccc(OC)cc1)c1ccc(OC)cc1)OC1[C@@H](CC)O[C@@H](n2cc(F)c3c(=O)[nH]cnc32)[C@H]1F. The van der Waals surface area contributed by atoms with Crippen LogP contribution in [-0.4, -0.2) is 118 Å². The molecule has 19 nitrogen and oxygen atoms in total. The molecule has 10 rings (SSSR count). The Morgan fingerprint density at radius 3 is 2.09 bits per heavy atom. The van der Waals surface area contributed by atoms with Crippen LogP contribution in [0.5, 0.6) is 11.5 Å². The van der Waals surface area contributed by atoms with Crippen LogP contribution in [0.25, 0.3) is 27.0 Å². The summed E-state index contributed by atoms with van der Waals surface area (Å²) in [6.07, 6.45) is -7.12. The number of alkyl halides is 2. The average molecular weight is 1070 g/mol. The number of ether oxygens (including phenoxy) is 5. The number of hydrogen-bond acceptors (Lipinski definition) is 14. The first kappa shape index (κ1) is 52.9. The summed E-state index contributed by atoms with van der Waals surface area (Å²) in [6, 6.07) is 32.3. The molecule has 398 valence electrons. The maximum Gasteiger partial charge on any atom is 0.263 e. The van der Waals surface area contributed by atoms with Gasteiger partial charge in [-0.3, -0.25) is 18.7 Å². The van der Waals surface area contributed by atoms with Crippen molar-refractivity contribution in [1.29, 1.82) is 0 Å². The third kappa shape index (κ3) is 10.3. The van der Waals surface area contributed by atoms with E-state index < -0.39 is 94.1 Å². The number of benzene rings is 4. The number of halogens is 3. The van der Waals surface area contributed by atoms with E-state index in [0.29, 0.717) is 33.8 Å². The third-order valence-corrected chi connectivity index (χ3v) is 14.3. The van der Waals surface area contributed by atoms with Crippen LogP contribution in [0.4, 0.5) is 19.0 Å².